The monoisotopic (exact) mass is 416 g/mol. The van der Waals surface area contributed by atoms with Gasteiger partial charge >= 0.3 is 0 Å². The fourth-order valence-electron chi connectivity index (χ4n) is 3.00. The van der Waals surface area contributed by atoms with E-state index in [-0.39, 0.29) is 24.0 Å². The highest BCUT2D eigenvalue weighted by Gasteiger charge is 2.23. The Morgan fingerprint density at radius 3 is 2.55 bits per heavy atom. The molecule has 124 valence electrons. The predicted molar refractivity (Wildman–Crippen MR) is 104 cm³/mol. The van der Waals surface area contributed by atoms with Gasteiger partial charge in [0.25, 0.3) is 0 Å². The minimum absolute atomic E-state index is 0. The molecule has 0 aliphatic heterocycles. The number of nitrogens with one attached hydrogen (secondary N) is 2. The van der Waals surface area contributed by atoms with Crippen molar-refractivity contribution in [3.8, 4) is 0 Å². The van der Waals surface area contributed by atoms with E-state index in [2.05, 4.69) is 34.5 Å². The van der Waals surface area contributed by atoms with E-state index in [0.29, 0.717) is 12.6 Å². The van der Waals surface area contributed by atoms with E-state index in [1.54, 1.807) is 0 Å². The van der Waals surface area contributed by atoms with Crippen LogP contribution < -0.4 is 10.6 Å². The van der Waals surface area contributed by atoms with Gasteiger partial charge in [0, 0.05) is 19.3 Å². The second-order valence-electron chi connectivity index (χ2n) is 6.25. The molecular formula is C17H29IN4. The van der Waals surface area contributed by atoms with Gasteiger partial charge in [0.2, 0.25) is 0 Å². The number of aromatic nitrogens is 1. The lowest BCUT2D eigenvalue weighted by molar-refractivity contribution is 0.250. The van der Waals surface area contributed by atoms with Crippen LogP contribution in [-0.4, -0.2) is 24.0 Å². The molecule has 2 N–H and O–H groups in total. The Labute approximate surface area is 151 Å². The van der Waals surface area contributed by atoms with E-state index >= 15 is 0 Å². The largest absolute Gasteiger partial charge is 0.354 e. The van der Waals surface area contributed by atoms with E-state index < -0.39 is 0 Å². The van der Waals surface area contributed by atoms with Crippen molar-refractivity contribution in [3.05, 3.63) is 30.1 Å². The Balaban J connectivity index is 0.00000242. The minimum Gasteiger partial charge on any atom is -0.354 e. The first kappa shape index (κ1) is 19.2. The number of pyridine rings is 1. The first-order valence-corrected chi connectivity index (χ1v) is 8.06. The lowest BCUT2D eigenvalue weighted by Gasteiger charge is -2.32. The number of hydrogen-bond donors (Lipinski definition) is 2. The van der Waals surface area contributed by atoms with Crippen LogP contribution in [-0.2, 0) is 6.54 Å². The van der Waals surface area contributed by atoms with Gasteiger partial charge in [-0.25, -0.2) is 0 Å². The highest BCUT2D eigenvalue weighted by Crippen LogP contribution is 2.29. The third-order valence-electron chi connectivity index (χ3n) is 4.44. The zero-order valence-electron chi connectivity index (χ0n) is 13.9. The molecule has 22 heavy (non-hydrogen) atoms. The maximum absolute atomic E-state index is 4.32. The lowest BCUT2D eigenvalue weighted by atomic mass is 9.80. The summed E-state index contributed by atoms with van der Waals surface area (Å²) in [6, 6.07) is 6.51. The van der Waals surface area contributed by atoms with Crippen LogP contribution in [0.25, 0.3) is 0 Å². The quantitative estimate of drug-likeness (QED) is 0.448. The average Bonchev–Trinajstić information content (AvgIpc) is 2.53. The molecule has 1 aliphatic carbocycles. The van der Waals surface area contributed by atoms with Crippen LogP contribution in [0.2, 0.25) is 0 Å². The fourth-order valence-corrected chi connectivity index (χ4v) is 3.00. The molecular weight excluding hydrogens is 387 g/mol. The third-order valence-corrected chi connectivity index (χ3v) is 4.44. The van der Waals surface area contributed by atoms with Crippen LogP contribution in [0.4, 0.5) is 0 Å². The van der Waals surface area contributed by atoms with Crippen molar-refractivity contribution in [2.24, 2.45) is 16.8 Å². The van der Waals surface area contributed by atoms with E-state index in [1.165, 1.54) is 25.7 Å². The Hall–Kier alpha value is -0.850. The van der Waals surface area contributed by atoms with Gasteiger partial charge in [0.15, 0.2) is 5.96 Å². The van der Waals surface area contributed by atoms with Gasteiger partial charge in [-0.3, -0.25) is 9.98 Å². The SMILES string of the molecule is CN=C(NCc1ccccn1)NC1CCC(C(C)C)CC1.I. The van der Waals surface area contributed by atoms with Gasteiger partial charge in [-0.2, -0.15) is 0 Å². The first-order valence-electron chi connectivity index (χ1n) is 8.06. The highest BCUT2D eigenvalue weighted by atomic mass is 127. The molecule has 5 heteroatoms. The molecule has 1 aromatic heterocycles. The minimum atomic E-state index is 0. The van der Waals surface area contributed by atoms with E-state index in [0.717, 1.165) is 23.5 Å². The number of halogens is 1. The van der Waals surface area contributed by atoms with E-state index in [4.69, 9.17) is 0 Å². The Morgan fingerprint density at radius 1 is 1.27 bits per heavy atom. The molecule has 0 amide bonds. The zero-order valence-corrected chi connectivity index (χ0v) is 16.2. The number of guanidine groups is 1. The number of aliphatic imine (C=N–C) groups is 1. The van der Waals surface area contributed by atoms with Crippen molar-refractivity contribution < 1.29 is 0 Å². The van der Waals surface area contributed by atoms with E-state index in [1.807, 2.05) is 31.4 Å². The molecule has 1 aliphatic rings. The molecule has 1 aromatic rings. The summed E-state index contributed by atoms with van der Waals surface area (Å²) in [5, 5.41) is 6.89. The molecule has 0 saturated heterocycles. The van der Waals surface area contributed by atoms with Gasteiger partial charge in [-0.05, 0) is 49.7 Å². The van der Waals surface area contributed by atoms with Gasteiger partial charge in [-0.1, -0.05) is 19.9 Å². The summed E-state index contributed by atoms with van der Waals surface area (Å²) in [6.07, 6.45) is 6.96. The Kier molecular flexibility index (Phi) is 8.75. The summed E-state index contributed by atoms with van der Waals surface area (Å²) < 4.78 is 0. The maximum Gasteiger partial charge on any atom is 0.191 e. The fraction of sp³-hybridized carbons (Fsp3) is 0.647. The number of hydrogen-bond acceptors (Lipinski definition) is 2. The van der Waals surface area contributed by atoms with Crippen molar-refractivity contribution >= 4 is 29.9 Å². The van der Waals surface area contributed by atoms with Crippen LogP contribution in [0.1, 0.15) is 45.2 Å². The summed E-state index contributed by atoms with van der Waals surface area (Å²) in [6.45, 7) is 5.39. The Morgan fingerprint density at radius 2 is 2.00 bits per heavy atom. The van der Waals surface area contributed by atoms with Gasteiger partial charge < -0.3 is 10.6 Å². The van der Waals surface area contributed by atoms with Crippen molar-refractivity contribution in [3.63, 3.8) is 0 Å². The molecule has 4 nitrogen and oxygen atoms in total. The topological polar surface area (TPSA) is 49.3 Å². The first-order chi connectivity index (χ1) is 10.2. The predicted octanol–water partition coefficient (Wildman–Crippen LogP) is 3.58. The zero-order chi connectivity index (χ0) is 15.1. The number of nitrogens with zero attached hydrogens (tertiary/aromatic N) is 2. The standard InChI is InChI=1S/C17H28N4.HI/c1-13(2)14-7-9-15(10-8-14)21-17(18-3)20-12-16-6-4-5-11-19-16;/h4-6,11,13-15H,7-10,12H2,1-3H3,(H2,18,20,21);1H. The number of rotatable bonds is 4. The second kappa shape index (κ2) is 10.0. The van der Waals surface area contributed by atoms with Gasteiger partial charge in [-0.15, -0.1) is 24.0 Å². The van der Waals surface area contributed by atoms with Crippen molar-refractivity contribution in [2.75, 3.05) is 7.05 Å². The molecule has 0 aromatic carbocycles. The molecule has 0 atom stereocenters. The summed E-state index contributed by atoms with van der Waals surface area (Å²) >= 11 is 0. The van der Waals surface area contributed by atoms with Crippen molar-refractivity contribution in [1.82, 2.24) is 15.6 Å². The van der Waals surface area contributed by atoms with Crippen molar-refractivity contribution in [1.29, 1.82) is 0 Å². The molecule has 1 saturated carbocycles. The van der Waals surface area contributed by atoms with Crippen LogP contribution in [0.15, 0.2) is 29.4 Å². The molecule has 1 fully saturated rings. The molecule has 2 rings (SSSR count). The van der Waals surface area contributed by atoms with Crippen LogP contribution in [0.5, 0.6) is 0 Å². The average molecular weight is 416 g/mol. The maximum atomic E-state index is 4.32. The lowest BCUT2D eigenvalue weighted by Crippen LogP contribution is -2.44. The molecule has 0 bridgehead atoms. The summed E-state index contributed by atoms with van der Waals surface area (Å²) in [5.74, 6) is 2.59. The molecule has 1 heterocycles. The molecule has 0 radical (unpaired) electrons. The normalized spacial score (nSPS) is 22.1. The van der Waals surface area contributed by atoms with Gasteiger partial charge in [0.1, 0.15) is 0 Å². The molecule has 0 unspecified atom stereocenters. The smallest absolute Gasteiger partial charge is 0.191 e. The van der Waals surface area contributed by atoms with Crippen molar-refractivity contribution in [2.45, 2.75) is 52.1 Å². The highest BCUT2D eigenvalue weighted by molar-refractivity contribution is 14.0. The van der Waals surface area contributed by atoms with E-state index in [9.17, 15) is 0 Å². The summed E-state index contributed by atoms with van der Waals surface area (Å²) in [5.41, 5.74) is 1.03. The van der Waals surface area contributed by atoms with Crippen LogP contribution in [0, 0.1) is 11.8 Å². The Bertz CT molecular complexity index is 439. The van der Waals surface area contributed by atoms with Gasteiger partial charge in [0.05, 0.1) is 12.2 Å². The molecule has 0 spiro atoms. The second-order valence-corrected chi connectivity index (χ2v) is 6.25. The summed E-state index contributed by atoms with van der Waals surface area (Å²) in [4.78, 5) is 8.63. The third kappa shape index (κ3) is 6.10. The van der Waals surface area contributed by atoms with Crippen LogP contribution >= 0.6 is 24.0 Å². The summed E-state index contributed by atoms with van der Waals surface area (Å²) in [7, 11) is 1.83. The van der Waals surface area contributed by atoms with Crippen LogP contribution in [0.3, 0.4) is 0 Å².